The highest BCUT2D eigenvalue weighted by atomic mass is 16.4. The zero-order chi connectivity index (χ0) is 12.1. The molecule has 1 unspecified atom stereocenters. The van der Waals surface area contributed by atoms with E-state index in [1.807, 2.05) is 24.3 Å². The molecule has 1 N–H and O–H groups in total. The Bertz CT molecular complexity index is 400. The lowest BCUT2D eigenvalue weighted by atomic mass is 10.1. The summed E-state index contributed by atoms with van der Waals surface area (Å²) in [5.41, 5.74) is 1.32. The van der Waals surface area contributed by atoms with Crippen molar-refractivity contribution in [3.63, 3.8) is 0 Å². The number of benzene rings is 1. The molecule has 1 saturated heterocycles. The molecule has 1 heterocycles. The van der Waals surface area contributed by atoms with E-state index < -0.39 is 5.97 Å². The quantitative estimate of drug-likeness (QED) is 0.807. The molecule has 0 spiro atoms. The zero-order valence-corrected chi connectivity index (χ0v) is 9.75. The molecule has 1 aliphatic heterocycles. The highest BCUT2D eigenvalue weighted by molar-refractivity contribution is 5.79. The molecule has 0 bridgehead atoms. The lowest BCUT2D eigenvalue weighted by Crippen LogP contribution is -2.19. The third kappa shape index (κ3) is 3.71. The van der Waals surface area contributed by atoms with Crippen LogP contribution >= 0.6 is 0 Å². The molecule has 0 aromatic heterocycles. The van der Waals surface area contributed by atoms with Gasteiger partial charge in [-0.1, -0.05) is 36.4 Å². The Morgan fingerprint density at radius 3 is 2.88 bits per heavy atom. The summed E-state index contributed by atoms with van der Waals surface area (Å²) in [4.78, 5) is 12.8. The summed E-state index contributed by atoms with van der Waals surface area (Å²) < 4.78 is 0. The molecule has 1 aromatic rings. The van der Waals surface area contributed by atoms with Gasteiger partial charge < -0.3 is 5.11 Å². The van der Waals surface area contributed by atoms with Gasteiger partial charge in [0.25, 0.3) is 0 Å². The predicted octanol–water partition coefficient (Wildman–Crippen LogP) is 2.15. The molecule has 1 fully saturated rings. The lowest BCUT2D eigenvalue weighted by Gasteiger charge is -2.14. The van der Waals surface area contributed by atoms with Crippen molar-refractivity contribution in [3.8, 4) is 0 Å². The van der Waals surface area contributed by atoms with Crippen molar-refractivity contribution in [2.75, 3.05) is 13.1 Å². The van der Waals surface area contributed by atoms with Gasteiger partial charge in [0.05, 0.1) is 0 Å². The van der Waals surface area contributed by atoms with Crippen LogP contribution in [0.4, 0.5) is 0 Å². The van der Waals surface area contributed by atoms with Crippen molar-refractivity contribution >= 4 is 5.97 Å². The van der Waals surface area contributed by atoms with Crippen molar-refractivity contribution in [1.82, 2.24) is 4.90 Å². The summed E-state index contributed by atoms with van der Waals surface area (Å²) in [7, 11) is 0. The first kappa shape index (κ1) is 11.9. The van der Waals surface area contributed by atoms with Crippen molar-refractivity contribution in [2.24, 2.45) is 5.92 Å². The van der Waals surface area contributed by atoms with Gasteiger partial charge in [-0.15, -0.1) is 0 Å². The van der Waals surface area contributed by atoms with Crippen LogP contribution in [0.5, 0.6) is 0 Å². The number of carboxylic acids is 1. The molecule has 3 nitrogen and oxygen atoms in total. The van der Waals surface area contributed by atoms with Crippen LogP contribution < -0.4 is 0 Å². The van der Waals surface area contributed by atoms with Gasteiger partial charge in [-0.3, -0.25) is 4.90 Å². The van der Waals surface area contributed by atoms with Crippen LogP contribution in [0.2, 0.25) is 0 Å². The molecular weight excluding hydrogens is 214 g/mol. The van der Waals surface area contributed by atoms with E-state index in [2.05, 4.69) is 17.0 Å². The predicted molar refractivity (Wildman–Crippen MR) is 66.6 cm³/mol. The van der Waals surface area contributed by atoms with Crippen LogP contribution in [-0.2, 0) is 11.3 Å². The Labute approximate surface area is 101 Å². The fourth-order valence-corrected chi connectivity index (χ4v) is 2.22. The second-order valence-corrected chi connectivity index (χ2v) is 4.47. The second-order valence-electron chi connectivity index (χ2n) is 4.47. The number of likely N-dealkylation sites (tertiary alicyclic amines) is 1. The van der Waals surface area contributed by atoms with E-state index in [9.17, 15) is 4.79 Å². The summed E-state index contributed by atoms with van der Waals surface area (Å²) in [6.45, 7) is 2.96. The maximum absolute atomic E-state index is 10.4. The Hall–Kier alpha value is -1.61. The second kappa shape index (κ2) is 5.64. The molecule has 0 aliphatic carbocycles. The smallest absolute Gasteiger partial charge is 0.327 e. The van der Waals surface area contributed by atoms with E-state index in [0.717, 1.165) is 26.1 Å². The fraction of sp³-hybridized carbons (Fsp3) is 0.357. The molecule has 3 heteroatoms. The number of carbonyl (C=O) groups is 1. The molecule has 2 rings (SSSR count). The number of aliphatic carboxylic acids is 1. The fourth-order valence-electron chi connectivity index (χ4n) is 2.22. The number of hydrogen-bond donors (Lipinski definition) is 1. The molecule has 0 saturated carbocycles. The summed E-state index contributed by atoms with van der Waals surface area (Å²) >= 11 is 0. The van der Waals surface area contributed by atoms with Gasteiger partial charge in [-0.25, -0.2) is 4.79 Å². The summed E-state index contributed by atoms with van der Waals surface area (Å²) in [6.07, 6.45) is 4.13. The zero-order valence-electron chi connectivity index (χ0n) is 9.75. The van der Waals surface area contributed by atoms with Crippen LogP contribution in [0, 0.1) is 5.92 Å². The van der Waals surface area contributed by atoms with E-state index in [1.165, 1.54) is 11.6 Å². The summed E-state index contributed by atoms with van der Waals surface area (Å²) in [5.74, 6) is -0.471. The van der Waals surface area contributed by atoms with Crippen molar-refractivity contribution < 1.29 is 9.90 Å². The molecule has 1 atom stereocenters. The summed E-state index contributed by atoms with van der Waals surface area (Å²) in [5, 5.41) is 8.57. The minimum atomic E-state index is -0.855. The van der Waals surface area contributed by atoms with Crippen LogP contribution in [0.3, 0.4) is 0 Å². The van der Waals surface area contributed by atoms with E-state index in [4.69, 9.17) is 5.11 Å². The van der Waals surface area contributed by atoms with Gasteiger partial charge in [-0.05, 0) is 24.4 Å². The number of nitrogens with zero attached hydrogens (tertiary/aromatic N) is 1. The SMILES string of the molecule is O=C(O)C=CC1CCN(Cc2ccccc2)C1. The van der Waals surface area contributed by atoms with Gasteiger partial charge in [0.2, 0.25) is 0 Å². The van der Waals surface area contributed by atoms with Gasteiger partial charge in [0, 0.05) is 19.2 Å². The van der Waals surface area contributed by atoms with Crippen LogP contribution in [0.15, 0.2) is 42.5 Å². The molecule has 0 radical (unpaired) electrons. The average Bonchev–Trinajstić information content (AvgIpc) is 2.75. The standard InChI is InChI=1S/C14H17NO2/c16-14(17)7-6-13-8-9-15(11-13)10-12-4-2-1-3-5-12/h1-7,13H,8-11H2,(H,16,17). The highest BCUT2D eigenvalue weighted by Crippen LogP contribution is 2.19. The van der Waals surface area contributed by atoms with Crippen LogP contribution in [0.25, 0.3) is 0 Å². The topological polar surface area (TPSA) is 40.5 Å². The number of rotatable bonds is 4. The van der Waals surface area contributed by atoms with Crippen LogP contribution in [-0.4, -0.2) is 29.1 Å². The van der Waals surface area contributed by atoms with E-state index in [1.54, 1.807) is 0 Å². The Balaban J connectivity index is 1.84. The Morgan fingerprint density at radius 1 is 1.41 bits per heavy atom. The third-order valence-electron chi connectivity index (χ3n) is 3.07. The van der Waals surface area contributed by atoms with E-state index in [-0.39, 0.29) is 0 Å². The Morgan fingerprint density at radius 2 is 2.18 bits per heavy atom. The van der Waals surface area contributed by atoms with Crippen molar-refractivity contribution in [2.45, 2.75) is 13.0 Å². The van der Waals surface area contributed by atoms with Gasteiger partial charge in [0.15, 0.2) is 0 Å². The van der Waals surface area contributed by atoms with Crippen LogP contribution in [0.1, 0.15) is 12.0 Å². The maximum Gasteiger partial charge on any atom is 0.327 e. The molecule has 0 amide bonds. The van der Waals surface area contributed by atoms with Gasteiger partial charge in [-0.2, -0.15) is 0 Å². The molecular formula is C14H17NO2. The molecule has 90 valence electrons. The summed E-state index contributed by atoms with van der Waals surface area (Å²) in [6, 6.07) is 10.4. The Kier molecular flexibility index (Phi) is 3.94. The van der Waals surface area contributed by atoms with Crippen molar-refractivity contribution in [1.29, 1.82) is 0 Å². The number of carboxylic acid groups (broad SMARTS) is 1. The van der Waals surface area contributed by atoms with Gasteiger partial charge in [0.1, 0.15) is 0 Å². The maximum atomic E-state index is 10.4. The largest absolute Gasteiger partial charge is 0.478 e. The minimum absolute atomic E-state index is 0.384. The normalized spacial score (nSPS) is 21.1. The van der Waals surface area contributed by atoms with E-state index in [0.29, 0.717) is 5.92 Å². The van der Waals surface area contributed by atoms with Crippen molar-refractivity contribution in [3.05, 3.63) is 48.0 Å². The highest BCUT2D eigenvalue weighted by Gasteiger charge is 2.20. The lowest BCUT2D eigenvalue weighted by molar-refractivity contribution is -0.131. The first-order valence-electron chi connectivity index (χ1n) is 5.91. The molecule has 1 aliphatic rings. The van der Waals surface area contributed by atoms with E-state index >= 15 is 0 Å². The first-order valence-corrected chi connectivity index (χ1v) is 5.91. The van der Waals surface area contributed by atoms with Gasteiger partial charge >= 0.3 is 5.97 Å². The molecule has 1 aromatic carbocycles. The molecule has 17 heavy (non-hydrogen) atoms. The first-order chi connectivity index (χ1) is 8.24. The number of hydrogen-bond acceptors (Lipinski definition) is 2. The average molecular weight is 231 g/mol. The minimum Gasteiger partial charge on any atom is -0.478 e. The third-order valence-corrected chi connectivity index (χ3v) is 3.07. The monoisotopic (exact) mass is 231 g/mol.